The molecule has 0 saturated carbocycles. The van der Waals surface area contributed by atoms with Gasteiger partial charge in [0.05, 0.1) is 11.0 Å². The van der Waals surface area contributed by atoms with Crippen LogP contribution in [0.3, 0.4) is 0 Å². The molecule has 0 spiro atoms. The smallest absolute Gasteiger partial charge is 0.241 e. The van der Waals surface area contributed by atoms with Crippen LogP contribution in [0.1, 0.15) is 37.0 Å². The van der Waals surface area contributed by atoms with Crippen LogP contribution < -0.4 is 10.5 Å². The van der Waals surface area contributed by atoms with E-state index < -0.39 is 16.1 Å². The minimum Gasteiger partial charge on any atom is -0.398 e. The predicted molar refractivity (Wildman–Crippen MR) is 85.7 cm³/mol. The fraction of sp³-hybridized carbons (Fsp3) is 0.600. The number of aryl methyl sites for hydroxylation is 1. The number of anilines is 1. The summed E-state index contributed by atoms with van der Waals surface area (Å²) >= 11 is 0. The molecule has 4 N–H and O–H groups in total. The van der Waals surface area contributed by atoms with Crippen LogP contribution in [0.5, 0.6) is 0 Å². The van der Waals surface area contributed by atoms with Gasteiger partial charge in [0.2, 0.25) is 10.0 Å². The highest BCUT2D eigenvalue weighted by Gasteiger charge is 2.23. The van der Waals surface area contributed by atoms with Crippen molar-refractivity contribution in [1.82, 2.24) is 4.72 Å². The van der Waals surface area contributed by atoms with Gasteiger partial charge in [0.25, 0.3) is 0 Å². The van der Waals surface area contributed by atoms with E-state index in [9.17, 15) is 13.5 Å². The zero-order valence-electron chi connectivity index (χ0n) is 13.4. The van der Waals surface area contributed by atoms with Gasteiger partial charge in [-0.15, -0.1) is 0 Å². The first-order chi connectivity index (χ1) is 9.56. The molecule has 5 nitrogen and oxygen atoms in total. The summed E-state index contributed by atoms with van der Waals surface area (Å²) in [7, 11) is -3.69. The topological polar surface area (TPSA) is 92.4 Å². The van der Waals surface area contributed by atoms with Crippen molar-refractivity contribution >= 4 is 15.7 Å². The number of nitrogen functional groups attached to an aromatic ring is 1. The molecule has 1 rings (SSSR count). The van der Waals surface area contributed by atoms with Gasteiger partial charge in [-0.25, -0.2) is 13.1 Å². The van der Waals surface area contributed by atoms with Crippen molar-refractivity contribution in [2.24, 2.45) is 5.92 Å². The highest BCUT2D eigenvalue weighted by molar-refractivity contribution is 7.89. The molecule has 21 heavy (non-hydrogen) atoms. The van der Waals surface area contributed by atoms with E-state index in [0.717, 1.165) is 5.56 Å². The lowest BCUT2D eigenvalue weighted by Crippen LogP contribution is -2.33. The third-order valence-electron chi connectivity index (χ3n) is 3.60. The van der Waals surface area contributed by atoms with Gasteiger partial charge in [-0.1, -0.05) is 13.8 Å². The van der Waals surface area contributed by atoms with Crippen LogP contribution in [0, 0.1) is 26.7 Å². The fourth-order valence-corrected chi connectivity index (χ4v) is 3.99. The van der Waals surface area contributed by atoms with Crippen LogP contribution in [0.25, 0.3) is 0 Å². The first kappa shape index (κ1) is 17.9. The summed E-state index contributed by atoms with van der Waals surface area (Å²) in [6.45, 7) is 9.26. The molecule has 0 amide bonds. The van der Waals surface area contributed by atoms with Crippen molar-refractivity contribution in [2.75, 3.05) is 12.3 Å². The molecule has 0 aliphatic carbocycles. The summed E-state index contributed by atoms with van der Waals surface area (Å²) in [5.41, 5.74) is 8.39. The molecule has 0 heterocycles. The molecule has 0 fully saturated rings. The van der Waals surface area contributed by atoms with Crippen molar-refractivity contribution in [2.45, 2.75) is 52.0 Å². The first-order valence-electron chi connectivity index (χ1n) is 7.10. The first-order valence-corrected chi connectivity index (χ1v) is 8.58. The summed E-state index contributed by atoms with van der Waals surface area (Å²) in [5, 5.41) is 9.83. The van der Waals surface area contributed by atoms with E-state index in [1.807, 2.05) is 20.8 Å². The third kappa shape index (κ3) is 4.43. The molecule has 0 saturated heterocycles. The van der Waals surface area contributed by atoms with E-state index >= 15 is 0 Å². The molecule has 1 unspecified atom stereocenters. The Morgan fingerprint density at radius 3 is 2.33 bits per heavy atom. The van der Waals surface area contributed by atoms with E-state index in [1.165, 1.54) is 0 Å². The van der Waals surface area contributed by atoms with E-state index in [4.69, 9.17) is 5.73 Å². The number of rotatable bonds is 6. The summed E-state index contributed by atoms with van der Waals surface area (Å²) in [6, 6.07) is 1.78. The van der Waals surface area contributed by atoms with Crippen molar-refractivity contribution in [3.63, 3.8) is 0 Å². The van der Waals surface area contributed by atoms with E-state index in [2.05, 4.69) is 4.72 Å². The Kier molecular flexibility index (Phi) is 5.78. The lowest BCUT2D eigenvalue weighted by Gasteiger charge is -2.18. The fourth-order valence-electron chi connectivity index (χ4n) is 2.35. The number of benzene rings is 1. The Hall–Kier alpha value is -1.11. The molecule has 6 heteroatoms. The van der Waals surface area contributed by atoms with Crippen molar-refractivity contribution in [3.05, 3.63) is 22.8 Å². The largest absolute Gasteiger partial charge is 0.398 e. The van der Waals surface area contributed by atoms with Crippen LogP contribution in [0.2, 0.25) is 0 Å². The predicted octanol–water partition coefficient (Wildman–Crippen LogP) is 1.88. The number of hydrogen-bond acceptors (Lipinski definition) is 4. The maximum Gasteiger partial charge on any atom is 0.241 e. The van der Waals surface area contributed by atoms with Crippen LogP contribution in [-0.2, 0) is 10.0 Å². The number of nitrogens with one attached hydrogen (secondary N) is 1. The number of hydrogen-bond donors (Lipinski definition) is 3. The van der Waals surface area contributed by atoms with Gasteiger partial charge in [0.15, 0.2) is 0 Å². The second kappa shape index (κ2) is 6.77. The van der Waals surface area contributed by atoms with Gasteiger partial charge in [0, 0.05) is 12.2 Å². The molecule has 1 aromatic carbocycles. The lowest BCUT2D eigenvalue weighted by molar-refractivity contribution is 0.152. The Balaban J connectivity index is 3.04. The SMILES string of the molecule is Cc1cc(N)c(C)c(S(=O)(=O)NCC(O)CC(C)C)c1C. The van der Waals surface area contributed by atoms with Crippen LogP contribution in [0.4, 0.5) is 5.69 Å². The Bertz CT molecular complexity index is 584. The molecule has 0 bridgehead atoms. The molecule has 1 aromatic rings. The zero-order chi connectivity index (χ0) is 16.4. The zero-order valence-corrected chi connectivity index (χ0v) is 14.2. The van der Waals surface area contributed by atoms with Crippen molar-refractivity contribution in [3.8, 4) is 0 Å². The maximum atomic E-state index is 12.5. The molecular weight excluding hydrogens is 288 g/mol. The van der Waals surface area contributed by atoms with Gasteiger partial charge in [-0.05, 0) is 55.9 Å². The van der Waals surface area contributed by atoms with Gasteiger partial charge in [-0.3, -0.25) is 0 Å². The molecule has 1 atom stereocenters. The Morgan fingerprint density at radius 2 is 1.81 bits per heavy atom. The van der Waals surface area contributed by atoms with Gasteiger partial charge < -0.3 is 10.8 Å². The van der Waals surface area contributed by atoms with Crippen molar-refractivity contribution in [1.29, 1.82) is 0 Å². The number of sulfonamides is 1. The number of aliphatic hydroxyl groups is 1. The van der Waals surface area contributed by atoms with Gasteiger partial charge >= 0.3 is 0 Å². The lowest BCUT2D eigenvalue weighted by atomic mass is 10.1. The Morgan fingerprint density at radius 1 is 1.24 bits per heavy atom. The third-order valence-corrected chi connectivity index (χ3v) is 5.30. The molecule has 0 aliphatic rings. The van der Waals surface area contributed by atoms with E-state index in [0.29, 0.717) is 29.2 Å². The summed E-state index contributed by atoms with van der Waals surface area (Å²) in [6.07, 6.45) is -0.140. The number of aliphatic hydroxyl groups excluding tert-OH is 1. The summed E-state index contributed by atoms with van der Waals surface area (Å²) in [4.78, 5) is 0.219. The second-order valence-electron chi connectivity index (χ2n) is 6.00. The average molecular weight is 314 g/mol. The highest BCUT2D eigenvalue weighted by atomic mass is 32.2. The maximum absolute atomic E-state index is 12.5. The molecule has 120 valence electrons. The van der Waals surface area contributed by atoms with Crippen LogP contribution >= 0.6 is 0 Å². The summed E-state index contributed by atoms with van der Waals surface area (Å²) in [5.74, 6) is 0.308. The van der Waals surface area contributed by atoms with E-state index in [1.54, 1.807) is 19.9 Å². The average Bonchev–Trinajstić information content (AvgIpc) is 2.33. The minimum atomic E-state index is -3.69. The quantitative estimate of drug-likeness (QED) is 0.699. The monoisotopic (exact) mass is 314 g/mol. The highest BCUT2D eigenvalue weighted by Crippen LogP contribution is 2.27. The number of nitrogens with two attached hydrogens (primary N) is 1. The van der Waals surface area contributed by atoms with Gasteiger partial charge in [0.1, 0.15) is 0 Å². The Labute approximate surface area is 127 Å². The van der Waals surface area contributed by atoms with E-state index in [-0.39, 0.29) is 11.4 Å². The van der Waals surface area contributed by atoms with Crippen LogP contribution in [-0.4, -0.2) is 26.2 Å². The molecular formula is C15H26N2O3S. The molecule has 0 aromatic heterocycles. The van der Waals surface area contributed by atoms with Crippen molar-refractivity contribution < 1.29 is 13.5 Å². The second-order valence-corrected chi connectivity index (χ2v) is 7.70. The summed E-state index contributed by atoms with van der Waals surface area (Å²) < 4.78 is 27.5. The minimum absolute atomic E-state index is 0.00718. The standard InChI is InChI=1S/C15H26N2O3S/c1-9(2)6-13(18)8-17-21(19,20)15-11(4)10(3)7-14(16)12(15)5/h7,9,13,17-18H,6,8,16H2,1-5H3. The normalized spacial score (nSPS) is 13.7. The van der Waals surface area contributed by atoms with Crippen LogP contribution in [0.15, 0.2) is 11.0 Å². The molecule has 0 aliphatic heterocycles. The van der Waals surface area contributed by atoms with Gasteiger partial charge in [-0.2, -0.15) is 0 Å². The molecule has 0 radical (unpaired) electrons.